The van der Waals surface area contributed by atoms with Crippen molar-refractivity contribution in [1.29, 1.82) is 0 Å². The number of piperidine rings is 1. The van der Waals surface area contributed by atoms with Crippen molar-refractivity contribution >= 4 is 17.5 Å². The number of benzene rings is 1. The van der Waals surface area contributed by atoms with E-state index in [1.54, 1.807) is 32.4 Å². The highest BCUT2D eigenvalue weighted by Crippen LogP contribution is 2.28. The van der Waals surface area contributed by atoms with Crippen molar-refractivity contribution in [2.24, 2.45) is 5.41 Å². The molecule has 2 N–H and O–H groups in total. The molecule has 1 aliphatic heterocycles. The van der Waals surface area contributed by atoms with Gasteiger partial charge in [-0.25, -0.2) is 0 Å². The number of amides is 2. The second kappa shape index (κ2) is 9.08. The minimum absolute atomic E-state index is 0.0730. The van der Waals surface area contributed by atoms with E-state index in [-0.39, 0.29) is 23.3 Å². The third-order valence-corrected chi connectivity index (χ3v) is 4.65. The number of nitrogens with zero attached hydrogens (tertiary/aromatic N) is 1. The summed E-state index contributed by atoms with van der Waals surface area (Å²) in [6.07, 6.45) is 1.69. The van der Waals surface area contributed by atoms with Crippen LogP contribution in [0.15, 0.2) is 18.2 Å². The van der Waals surface area contributed by atoms with E-state index in [0.29, 0.717) is 23.7 Å². The first kappa shape index (κ1) is 21.0. The lowest BCUT2D eigenvalue weighted by molar-refractivity contribution is -0.129. The quantitative estimate of drug-likeness (QED) is 0.795. The van der Waals surface area contributed by atoms with Crippen LogP contribution >= 0.6 is 0 Å². The molecule has 27 heavy (non-hydrogen) atoms. The molecule has 1 fully saturated rings. The minimum Gasteiger partial charge on any atom is -0.497 e. The molecule has 1 heterocycles. The van der Waals surface area contributed by atoms with E-state index in [4.69, 9.17) is 9.47 Å². The van der Waals surface area contributed by atoms with Gasteiger partial charge in [0.15, 0.2) is 0 Å². The highest BCUT2D eigenvalue weighted by molar-refractivity contribution is 5.94. The van der Waals surface area contributed by atoms with Gasteiger partial charge in [-0.3, -0.25) is 14.5 Å². The summed E-state index contributed by atoms with van der Waals surface area (Å²) in [6.45, 7) is 7.59. The first-order valence-electron chi connectivity index (χ1n) is 9.28. The molecule has 0 aromatic heterocycles. The molecule has 0 atom stereocenters. The molecule has 2 rings (SSSR count). The smallest absolute Gasteiger partial charge is 0.238 e. The van der Waals surface area contributed by atoms with Crippen LogP contribution in [0.5, 0.6) is 11.5 Å². The molecule has 1 saturated heterocycles. The average Bonchev–Trinajstić information content (AvgIpc) is 2.62. The lowest BCUT2D eigenvalue weighted by Crippen LogP contribution is -2.48. The van der Waals surface area contributed by atoms with Crippen LogP contribution in [-0.4, -0.2) is 56.6 Å². The number of rotatable bonds is 6. The maximum atomic E-state index is 12.4. The summed E-state index contributed by atoms with van der Waals surface area (Å²) in [7, 11) is 3.14. The zero-order valence-electron chi connectivity index (χ0n) is 16.9. The Morgan fingerprint density at radius 2 is 1.81 bits per heavy atom. The molecular formula is C20H31N3O4. The third kappa shape index (κ3) is 6.13. The van der Waals surface area contributed by atoms with Crippen molar-refractivity contribution in [2.45, 2.75) is 39.7 Å². The predicted octanol–water partition coefficient (Wildman–Crippen LogP) is 2.27. The molecule has 0 saturated carbocycles. The molecule has 7 heteroatoms. The molecule has 1 aromatic carbocycles. The fourth-order valence-corrected chi connectivity index (χ4v) is 2.94. The number of nitrogens with one attached hydrogen (secondary N) is 2. The van der Waals surface area contributed by atoms with E-state index in [0.717, 1.165) is 25.9 Å². The van der Waals surface area contributed by atoms with E-state index in [2.05, 4.69) is 15.5 Å². The Hall–Kier alpha value is -2.28. The summed E-state index contributed by atoms with van der Waals surface area (Å²) in [4.78, 5) is 26.6. The van der Waals surface area contributed by atoms with Gasteiger partial charge in [-0.2, -0.15) is 0 Å². The summed E-state index contributed by atoms with van der Waals surface area (Å²) >= 11 is 0. The van der Waals surface area contributed by atoms with Gasteiger partial charge in [0.05, 0.1) is 26.5 Å². The Kier molecular flexibility index (Phi) is 7.07. The maximum absolute atomic E-state index is 12.4. The molecule has 0 spiro atoms. The molecule has 2 amide bonds. The van der Waals surface area contributed by atoms with Crippen LogP contribution in [0.3, 0.4) is 0 Å². The van der Waals surface area contributed by atoms with Crippen molar-refractivity contribution in [3.8, 4) is 11.5 Å². The second-order valence-electron chi connectivity index (χ2n) is 7.89. The number of ether oxygens (including phenoxy) is 2. The third-order valence-electron chi connectivity index (χ3n) is 4.65. The highest BCUT2D eigenvalue weighted by atomic mass is 16.5. The summed E-state index contributed by atoms with van der Waals surface area (Å²) in [6, 6.07) is 5.46. The fraction of sp³-hybridized carbons (Fsp3) is 0.600. The van der Waals surface area contributed by atoms with Crippen molar-refractivity contribution in [3.05, 3.63) is 18.2 Å². The van der Waals surface area contributed by atoms with Gasteiger partial charge in [-0.15, -0.1) is 0 Å². The van der Waals surface area contributed by atoms with Crippen LogP contribution in [0, 0.1) is 5.41 Å². The topological polar surface area (TPSA) is 79.9 Å². The number of hydrogen-bond donors (Lipinski definition) is 2. The van der Waals surface area contributed by atoms with E-state index in [9.17, 15) is 9.59 Å². The molecule has 0 radical (unpaired) electrons. The number of likely N-dealkylation sites (tertiary alicyclic amines) is 1. The van der Waals surface area contributed by atoms with Crippen LogP contribution in [0.2, 0.25) is 0 Å². The number of hydrogen-bond acceptors (Lipinski definition) is 5. The van der Waals surface area contributed by atoms with E-state index in [1.807, 2.05) is 20.8 Å². The van der Waals surface area contributed by atoms with E-state index in [1.165, 1.54) is 0 Å². The van der Waals surface area contributed by atoms with Gasteiger partial charge in [0.2, 0.25) is 11.8 Å². The maximum Gasteiger partial charge on any atom is 0.238 e. The summed E-state index contributed by atoms with van der Waals surface area (Å²) in [5, 5.41) is 6.00. The standard InChI is InChI=1S/C20H31N3O4/c1-20(2,3)19(25)21-14-8-10-23(11-9-14)13-18(24)22-16-12-15(26-4)6-7-17(16)27-5/h6-7,12,14H,8-11,13H2,1-5H3,(H,21,25)(H,22,24). The van der Waals surface area contributed by atoms with Crippen molar-refractivity contribution in [1.82, 2.24) is 10.2 Å². The van der Waals surface area contributed by atoms with E-state index >= 15 is 0 Å². The fourth-order valence-electron chi connectivity index (χ4n) is 2.94. The van der Waals surface area contributed by atoms with Gasteiger partial charge in [0.25, 0.3) is 0 Å². The van der Waals surface area contributed by atoms with Crippen LogP contribution in [0.4, 0.5) is 5.69 Å². The van der Waals surface area contributed by atoms with Crippen molar-refractivity contribution in [2.75, 3.05) is 39.2 Å². The highest BCUT2D eigenvalue weighted by Gasteiger charge is 2.27. The Morgan fingerprint density at radius 1 is 1.15 bits per heavy atom. The van der Waals surface area contributed by atoms with Gasteiger partial charge >= 0.3 is 0 Å². The second-order valence-corrected chi connectivity index (χ2v) is 7.89. The van der Waals surface area contributed by atoms with Crippen molar-refractivity contribution in [3.63, 3.8) is 0 Å². The largest absolute Gasteiger partial charge is 0.497 e. The van der Waals surface area contributed by atoms with Crippen LogP contribution < -0.4 is 20.1 Å². The molecule has 1 aliphatic rings. The molecule has 0 aliphatic carbocycles. The first-order chi connectivity index (χ1) is 12.7. The number of anilines is 1. The van der Waals surface area contributed by atoms with Gasteiger partial charge < -0.3 is 20.1 Å². The van der Waals surface area contributed by atoms with Gasteiger partial charge in [0.1, 0.15) is 11.5 Å². The average molecular weight is 377 g/mol. The monoisotopic (exact) mass is 377 g/mol. The lowest BCUT2D eigenvalue weighted by Gasteiger charge is -2.33. The van der Waals surface area contributed by atoms with Crippen LogP contribution in [-0.2, 0) is 9.59 Å². The van der Waals surface area contributed by atoms with Gasteiger partial charge in [-0.1, -0.05) is 20.8 Å². The molecule has 0 unspecified atom stereocenters. The van der Waals surface area contributed by atoms with Crippen LogP contribution in [0.25, 0.3) is 0 Å². The zero-order chi connectivity index (χ0) is 20.0. The number of methoxy groups -OCH3 is 2. The minimum atomic E-state index is -0.382. The summed E-state index contributed by atoms with van der Waals surface area (Å²) < 4.78 is 10.5. The normalized spacial score (nSPS) is 15.9. The first-order valence-corrected chi connectivity index (χ1v) is 9.28. The Balaban J connectivity index is 1.84. The number of carbonyl (C=O) groups is 2. The zero-order valence-corrected chi connectivity index (χ0v) is 16.9. The Labute approximate surface area is 161 Å². The molecule has 1 aromatic rings. The predicted molar refractivity (Wildman–Crippen MR) is 105 cm³/mol. The van der Waals surface area contributed by atoms with E-state index < -0.39 is 0 Å². The lowest BCUT2D eigenvalue weighted by atomic mass is 9.94. The van der Waals surface area contributed by atoms with Crippen molar-refractivity contribution < 1.29 is 19.1 Å². The SMILES string of the molecule is COc1ccc(OC)c(NC(=O)CN2CCC(NC(=O)C(C)(C)C)CC2)c1. The summed E-state index contributed by atoms with van der Waals surface area (Å²) in [5.74, 6) is 1.22. The molecule has 7 nitrogen and oxygen atoms in total. The molecule has 150 valence electrons. The molecular weight excluding hydrogens is 346 g/mol. The van der Waals surface area contributed by atoms with Gasteiger partial charge in [0, 0.05) is 30.6 Å². The Bertz CT molecular complexity index is 662. The summed E-state index contributed by atoms with van der Waals surface area (Å²) in [5.41, 5.74) is 0.210. The molecule has 0 bridgehead atoms. The van der Waals surface area contributed by atoms with Gasteiger partial charge in [-0.05, 0) is 25.0 Å². The van der Waals surface area contributed by atoms with Crippen LogP contribution in [0.1, 0.15) is 33.6 Å². The Morgan fingerprint density at radius 3 is 2.37 bits per heavy atom. The number of carbonyl (C=O) groups excluding carboxylic acids is 2.